The minimum atomic E-state index is -0.627. The van der Waals surface area contributed by atoms with E-state index in [4.69, 9.17) is 5.73 Å². The predicted molar refractivity (Wildman–Crippen MR) is 89.0 cm³/mol. The van der Waals surface area contributed by atoms with Crippen molar-refractivity contribution in [1.82, 2.24) is 0 Å². The number of phenolic OH excluding ortho intramolecular Hbond substituents is 2. The molecule has 0 radical (unpaired) electrons. The minimum Gasteiger partial charge on any atom is -0.506 e. The molecule has 3 aromatic carbocycles. The fourth-order valence-electron chi connectivity index (χ4n) is 2.29. The van der Waals surface area contributed by atoms with Gasteiger partial charge >= 0.3 is 0 Å². The molecule has 0 saturated heterocycles. The topological polar surface area (TPSA) is 134 Å². The summed E-state index contributed by atoms with van der Waals surface area (Å²) in [7, 11) is 0. The smallest absolute Gasteiger partial charge is 0.273 e. The maximum absolute atomic E-state index is 10.7. The van der Waals surface area contributed by atoms with Crippen molar-refractivity contribution in [3.05, 3.63) is 58.6 Å². The van der Waals surface area contributed by atoms with Crippen molar-refractivity contribution in [2.75, 3.05) is 5.73 Å². The number of fused-ring (bicyclic) bond motifs is 1. The molecule has 0 unspecified atom stereocenters. The van der Waals surface area contributed by atoms with E-state index in [0.717, 1.165) is 11.5 Å². The van der Waals surface area contributed by atoms with Gasteiger partial charge in [-0.2, -0.15) is 0 Å². The van der Waals surface area contributed by atoms with E-state index in [1.165, 1.54) is 18.2 Å². The lowest BCUT2D eigenvalue weighted by molar-refractivity contribution is -0.384. The predicted octanol–water partition coefficient (Wildman–Crippen LogP) is 4.16. The molecular weight excluding hydrogens is 312 g/mol. The van der Waals surface area contributed by atoms with Gasteiger partial charge in [-0.3, -0.25) is 10.1 Å². The normalized spacial score (nSPS) is 11.2. The lowest BCUT2D eigenvalue weighted by Gasteiger charge is -2.06. The monoisotopic (exact) mass is 324 g/mol. The van der Waals surface area contributed by atoms with Crippen molar-refractivity contribution in [3.8, 4) is 11.5 Å². The third-order valence-electron chi connectivity index (χ3n) is 3.46. The lowest BCUT2D eigenvalue weighted by atomic mass is 10.1. The van der Waals surface area contributed by atoms with E-state index in [9.17, 15) is 20.3 Å². The standard InChI is InChI=1S/C16H12N4O4/c17-11-3-1-2-9-4-7-13(21)16(15(9)11)19-18-12-6-5-10(20(23)24)8-14(12)22/h1-8,21-22H,17H2. The molecular formula is C16H12N4O4. The Balaban J connectivity index is 2.09. The van der Waals surface area contributed by atoms with E-state index in [0.29, 0.717) is 11.1 Å². The summed E-state index contributed by atoms with van der Waals surface area (Å²) >= 11 is 0. The molecule has 0 atom stereocenters. The highest BCUT2D eigenvalue weighted by Crippen LogP contribution is 2.40. The first kappa shape index (κ1) is 15.2. The van der Waals surface area contributed by atoms with Crippen LogP contribution in [-0.2, 0) is 0 Å². The van der Waals surface area contributed by atoms with E-state index in [1.54, 1.807) is 18.2 Å². The number of nitrogens with zero attached hydrogens (tertiary/aromatic N) is 3. The molecule has 4 N–H and O–H groups in total. The number of phenols is 2. The van der Waals surface area contributed by atoms with Crippen LogP contribution in [0.25, 0.3) is 10.8 Å². The molecule has 0 amide bonds. The van der Waals surface area contributed by atoms with E-state index in [2.05, 4.69) is 10.2 Å². The number of nitrogens with two attached hydrogens (primary N) is 1. The van der Waals surface area contributed by atoms with Crippen molar-refractivity contribution in [3.63, 3.8) is 0 Å². The van der Waals surface area contributed by atoms with Gasteiger partial charge in [-0.25, -0.2) is 0 Å². The van der Waals surface area contributed by atoms with Crippen molar-refractivity contribution in [2.45, 2.75) is 0 Å². The van der Waals surface area contributed by atoms with Crippen molar-refractivity contribution in [1.29, 1.82) is 0 Å². The molecule has 8 heteroatoms. The van der Waals surface area contributed by atoms with Crippen LogP contribution in [0, 0.1) is 10.1 Å². The molecule has 120 valence electrons. The Kier molecular flexibility index (Phi) is 3.70. The van der Waals surface area contributed by atoms with Gasteiger partial charge in [0.1, 0.15) is 22.9 Å². The number of aromatic hydroxyl groups is 2. The Bertz CT molecular complexity index is 985. The SMILES string of the molecule is Nc1cccc2ccc(O)c(N=Nc3ccc([N+](=O)[O-])cc3O)c12. The summed E-state index contributed by atoms with van der Waals surface area (Å²) in [5, 5.41) is 39.6. The Morgan fingerprint density at radius 2 is 1.79 bits per heavy atom. The molecule has 0 aliphatic carbocycles. The second-order valence-electron chi connectivity index (χ2n) is 5.01. The van der Waals surface area contributed by atoms with Gasteiger partial charge in [0, 0.05) is 17.1 Å². The van der Waals surface area contributed by atoms with Gasteiger partial charge in [0.25, 0.3) is 5.69 Å². The molecule has 0 aliphatic rings. The Morgan fingerprint density at radius 3 is 2.50 bits per heavy atom. The van der Waals surface area contributed by atoms with Crippen molar-refractivity contribution in [2.24, 2.45) is 10.2 Å². The van der Waals surface area contributed by atoms with Crippen LogP contribution in [0.3, 0.4) is 0 Å². The summed E-state index contributed by atoms with van der Waals surface area (Å²) < 4.78 is 0. The number of hydrogen-bond donors (Lipinski definition) is 3. The second kappa shape index (κ2) is 5.84. The quantitative estimate of drug-likeness (QED) is 0.288. The van der Waals surface area contributed by atoms with Crippen LogP contribution in [0.4, 0.5) is 22.7 Å². The molecule has 3 rings (SSSR count). The summed E-state index contributed by atoms with van der Waals surface area (Å²) in [6.07, 6.45) is 0. The third kappa shape index (κ3) is 2.68. The number of benzene rings is 3. The average Bonchev–Trinajstić information content (AvgIpc) is 2.55. The van der Waals surface area contributed by atoms with Gasteiger partial charge in [0.15, 0.2) is 0 Å². The molecule has 24 heavy (non-hydrogen) atoms. The average molecular weight is 324 g/mol. The maximum atomic E-state index is 10.7. The van der Waals surface area contributed by atoms with Gasteiger partial charge < -0.3 is 15.9 Å². The number of nitro groups is 1. The third-order valence-corrected chi connectivity index (χ3v) is 3.46. The second-order valence-corrected chi connectivity index (χ2v) is 5.01. The van der Waals surface area contributed by atoms with Crippen molar-refractivity contribution >= 4 is 33.5 Å². The summed E-state index contributed by atoms with van der Waals surface area (Å²) in [5.74, 6) is -0.508. The number of rotatable bonds is 3. The van der Waals surface area contributed by atoms with Crippen LogP contribution >= 0.6 is 0 Å². The molecule has 0 aliphatic heterocycles. The Labute approximate surface area is 135 Å². The number of azo groups is 1. The summed E-state index contributed by atoms with van der Waals surface area (Å²) in [5.41, 5.74) is 6.29. The zero-order chi connectivity index (χ0) is 17.3. The molecule has 0 saturated carbocycles. The Morgan fingerprint density at radius 1 is 1.00 bits per heavy atom. The highest BCUT2D eigenvalue weighted by molar-refractivity contribution is 6.03. The molecule has 0 fully saturated rings. The zero-order valence-corrected chi connectivity index (χ0v) is 12.2. The molecule has 8 nitrogen and oxygen atoms in total. The van der Waals surface area contributed by atoms with Crippen LogP contribution < -0.4 is 5.73 Å². The number of nitro benzene ring substituents is 1. The van der Waals surface area contributed by atoms with E-state index in [-0.39, 0.29) is 28.6 Å². The van der Waals surface area contributed by atoms with E-state index in [1.807, 2.05) is 6.07 Å². The van der Waals surface area contributed by atoms with Crippen LogP contribution in [0.15, 0.2) is 58.8 Å². The first-order chi connectivity index (χ1) is 11.5. The highest BCUT2D eigenvalue weighted by Gasteiger charge is 2.12. The minimum absolute atomic E-state index is 0.0338. The fourth-order valence-corrected chi connectivity index (χ4v) is 2.29. The van der Waals surface area contributed by atoms with Crippen LogP contribution in [-0.4, -0.2) is 15.1 Å². The van der Waals surface area contributed by atoms with Gasteiger partial charge in [-0.05, 0) is 23.6 Å². The van der Waals surface area contributed by atoms with Gasteiger partial charge in [-0.15, -0.1) is 10.2 Å². The van der Waals surface area contributed by atoms with Gasteiger partial charge in [0.05, 0.1) is 11.0 Å². The number of non-ortho nitro benzene ring substituents is 1. The van der Waals surface area contributed by atoms with Crippen LogP contribution in [0.2, 0.25) is 0 Å². The molecule has 0 spiro atoms. The Hall–Kier alpha value is -3.68. The van der Waals surface area contributed by atoms with Crippen LogP contribution in [0.5, 0.6) is 11.5 Å². The van der Waals surface area contributed by atoms with Crippen molar-refractivity contribution < 1.29 is 15.1 Å². The lowest BCUT2D eigenvalue weighted by Crippen LogP contribution is -1.87. The first-order valence-electron chi connectivity index (χ1n) is 6.86. The fraction of sp³-hybridized carbons (Fsp3) is 0. The molecule has 0 bridgehead atoms. The van der Waals surface area contributed by atoms with Gasteiger partial charge in [0.2, 0.25) is 0 Å². The van der Waals surface area contributed by atoms with Gasteiger partial charge in [-0.1, -0.05) is 18.2 Å². The maximum Gasteiger partial charge on any atom is 0.273 e. The molecule has 3 aromatic rings. The van der Waals surface area contributed by atoms with Crippen LogP contribution in [0.1, 0.15) is 0 Å². The number of hydrogen-bond acceptors (Lipinski definition) is 7. The summed E-state index contributed by atoms with van der Waals surface area (Å²) in [4.78, 5) is 10.0. The van der Waals surface area contributed by atoms with E-state index >= 15 is 0 Å². The highest BCUT2D eigenvalue weighted by atomic mass is 16.6. The molecule has 0 aromatic heterocycles. The number of anilines is 1. The number of nitrogen functional groups attached to an aromatic ring is 1. The largest absolute Gasteiger partial charge is 0.506 e. The zero-order valence-electron chi connectivity index (χ0n) is 12.2. The summed E-state index contributed by atoms with van der Waals surface area (Å²) in [6.45, 7) is 0. The summed E-state index contributed by atoms with van der Waals surface area (Å²) in [6, 6.07) is 11.9. The van der Waals surface area contributed by atoms with E-state index < -0.39 is 4.92 Å². The molecule has 0 heterocycles. The first-order valence-corrected chi connectivity index (χ1v) is 6.86.